The first-order valence-electron chi connectivity index (χ1n) is 10.7. The lowest BCUT2D eigenvalue weighted by Crippen LogP contribution is -2.49. The summed E-state index contributed by atoms with van der Waals surface area (Å²) in [5.74, 6) is 0.622. The van der Waals surface area contributed by atoms with Gasteiger partial charge in [-0.3, -0.25) is 9.59 Å². The third-order valence-corrected chi connectivity index (χ3v) is 6.98. The van der Waals surface area contributed by atoms with Crippen LogP contribution in [0.1, 0.15) is 45.1 Å². The molecule has 0 aliphatic heterocycles. The van der Waals surface area contributed by atoms with Gasteiger partial charge in [-0.25, -0.2) is 0 Å². The lowest BCUT2D eigenvalue weighted by atomic mass is 10.1. The molecule has 1 atom stereocenters. The summed E-state index contributed by atoms with van der Waals surface area (Å²) in [6.45, 7) is 4.81. The highest BCUT2D eigenvalue weighted by Crippen LogP contribution is 2.25. The van der Waals surface area contributed by atoms with Crippen LogP contribution >= 0.6 is 46.6 Å². The van der Waals surface area contributed by atoms with Crippen molar-refractivity contribution in [1.82, 2.24) is 10.2 Å². The summed E-state index contributed by atoms with van der Waals surface area (Å²) in [5.41, 5.74) is 0.838. The van der Waals surface area contributed by atoms with E-state index in [0.29, 0.717) is 47.4 Å². The summed E-state index contributed by atoms with van der Waals surface area (Å²) in [5, 5.41) is 4.52. The molecule has 0 heterocycles. The van der Waals surface area contributed by atoms with E-state index in [1.54, 1.807) is 28.8 Å². The van der Waals surface area contributed by atoms with Crippen LogP contribution in [0.3, 0.4) is 0 Å². The fraction of sp³-hybridized carbons (Fsp3) is 0.417. The van der Waals surface area contributed by atoms with Crippen molar-refractivity contribution in [2.24, 2.45) is 0 Å². The van der Waals surface area contributed by atoms with Gasteiger partial charge in [0.15, 0.2) is 0 Å². The average Bonchev–Trinajstić information content (AvgIpc) is 2.78. The minimum absolute atomic E-state index is 0.0497. The largest absolute Gasteiger partial charge is 0.354 e. The van der Waals surface area contributed by atoms with E-state index in [-0.39, 0.29) is 11.8 Å². The lowest BCUT2D eigenvalue weighted by molar-refractivity contribution is -0.141. The first-order valence-corrected chi connectivity index (χ1v) is 12.9. The van der Waals surface area contributed by atoms with Crippen LogP contribution in [-0.2, 0) is 16.1 Å². The molecule has 2 rings (SSSR count). The lowest BCUT2D eigenvalue weighted by Gasteiger charge is -2.31. The molecule has 0 saturated heterocycles. The molecule has 0 bridgehead atoms. The second-order valence-electron chi connectivity index (χ2n) is 7.39. The standard InChI is InChI=1S/C24H29Cl3N2O2S/c1-3-13-28-24(31)22(4-2)29(16-17-7-12-20(26)21(27)15-17)23(30)6-5-14-32-19-10-8-18(25)9-11-19/h7-12,15,22H,3-6,13-14,16H2,1-2H3,(H,28,31)/t22-/m0/s1. The van der Waals surface area contributed by atoms with Crippen molar-refractivity contribution in [2.45, 2.75) is 57.0 Å². The highest BCUT2D eigenvalue weighted by atomic mass is 35.5. The monoisotopic (exact) mass is 514 g/mol. The molecule has 8 heteroatoms. The Labute approximate surface area is 210 Å². The van der Waals surface area contributed by atoms with Crippen LogP contribution in [0.25, 0.3) is 0 Å². The van der Waals surface area contributed by atoms with E-state index in [2.05, 4.69) is 5.32 Å². The smallest absolute Gasteiger partial charge is 0.242 e. The summed E-state index contributed by atoms with van der Waals surface area (Å²) in [6, 6.07) is 12.4. The third-order valence-electron chi connectivity index (χ3n) is 4.89. The Morgan fingerprint density at radius 2 is 1.75 bits per heavy atom. The zero-order valence-corrected chi connectivity index (χ0v) is 21.5. The molecule has 0 unspecified atom stereocenters. The molecule has 174 valence electrons. The molecule has 0 aliphatic rings. The second-order valence-corrected chi connectivity index (χ2v) is 9.81. The van der Waals surface area contributed by atoms with Gasteiger partial charge in [0.25, 0.3) is 0 Å². The van der Waals surface area contributed by atoms with Gasteiger partial charge in [-0.15, -0.1) is 11.8 Å². The van der Waals surface area contributed by atoms with Crippen molar-refractivity contribution >= 4 is 58.4 Å². The molecule has 2 amide bonds. The van der Waals surface area contributed by atoms with E-state index in [1.807, 2.05) is 44.2 Å². The summed E-state index contributed by atoms with van der Waals surface area (Å²) < 4.78 is 0. The van der Waals surface area contributed by atoms with E-state index in [1.165, 1.54) is 0 Å². The van der Waals surface area contributed by atoms with Crippen molar-refractivity contribution < 1.29 is 9.59 Å². The molecule has 0 spiro atoms. The Morgan fingerprint density at radius 1 is 1.03 bits per heavy atom. The van der Waals surface area contributed by atoms with Gasteiger partial charge in [0, 0.05) is 29.4 Å². The Morgan fingerprint density at radius 3 is 2.38 bits per heavy atom. The van der Waals surface area contributed by atoms with E-state index in [4.69, 9.17) is 34.8 Å². The number of hydrogen-bond donors (Lipinski definition) is 1. The molecule has 2 aromatic rings. The number of halogens is 3. The number of carbonyl (C=O) groups excluding carboxylic acids is 2. The number of carbonyl (C=O) groups is 2. The zero-order valence-electron chi connectivity index (χ0n) is 18.4. The average molecular weight is 516 g/mol. The summed E-state index contributed by atoms with van der Waals surface area (Å²) in [4.78, 5) is 28.7. The van der Waals surface area contributed by atoms with Gasteiger partial charge in [-0.1, -0.05) is 54.7 Å². The van der Waals surface area contributed by atoms with E-state index < -0.39 is 6.04 Å². The second kappa shape index (κ2) is 14.0. The van der Waals surface area contributed by atoms with Crippen molar-refractivity contribution in [3.63, 3.8) is 0 Å². The molecule has 0 saturated carbocycles. The molecule has 4 nitrogen and oxygen atoms in total. The van der Waals surface area contributed by atoms with Crippen LogP contribution in [-0.4, -0.2) is 35.1 Å². The molecular formula is C24H29Cl3N2O2S. The first-order chi connectivity index (χ1) is 15.3. The predicted octanol–water partition coefficient (Wildman–Crippen LogP) is 6.85. The van der Waals surface area contributed by atoms with Crippen LogP contribution in [0, 0.1) is 0 Å². The fourth-order valence-electron chi connectivity index (χ4n) is 3.21. The van der Waals surface area contributed by atoms with Crippen molar-refractivity contribution in [2.75, 3.05) is 12.3 Å². The van der Waals surface area contributed by atoms with Crippen LogP contribution in [0.4, 0.5) is 0 Å². The molecule has 0 radical (unpaired) electrons. The highest BCUT2D eigenvalue weighted by Gasteiger charge is 2.28. The van der Waals surface area contributed by atoms with Gasteiger partial charge in [0.05, 0.1) is 10.0 Å². The Bertz CT molecular complexity index is 893. The summed E-state index contributed by atoms with van der Waals surface area (Å²) in [7, 11) is 0. The normalized spacial score (nSPS) is 11.8. The Balaban J connectivity index is 2.06. The van der Waals surface area contributed by atoms with Crippen molar-refractivity contribution in [3.8, 4) is 0 Å². The van der Waals surface area contributed by atoms with Gasteiger partial charge < -0.3 is 10.2 Å². The van der Waals surface area contributed by atoms with Crippen molar-refractivity contribution in [3.05, 3.63) is 63.1 Å². The minimum atomic E-state index is -0.535. The fourth-order valence-corrected chi connectivity index (χ4v) is 4.51. The summed E-state index contributed by atoms with van der Waals surface area (Å²) in [6.07, 6.45) is 2.43. The number of nitrogens with one attached hydrogen (secondary N) is 1. The summed E-state index contributed by atoms with van der Waals surface area (Å²) >= 11 is 19.8. The van der Waals surface area contributed by atoms with Crippen LogP contribution in [0.15, 0.2) is 47.4 Å². The van der Waals surface area contributed by atoms with Gasteiger partial charge >= 0.3 is 0 Å². The molecule has 1 N–H and O–H groups in total. The zero-order chi connectivity index (χ0) is 23.5. The molecule has 32 heavy (non-hydrogen) atoms. The predicted molar refractivity (Wildman–Crippen MR) is 136 cm³/mol. The van der Waals surface area contributed by atoms with E-state index in [9.17, 15) is 9.59 Å². The van der Waals surface area contributed by atoms with Gasteiger partial charge in [-0.05, 0) is 67.0 Å². The van der Waals surface area contributed by atoms with Crippen LogP contribution in [0.2, 0.25) is 15.1 Å². The molecular weight excluding hydrogens is 487 g/mol. The van der Waals surface area contributed by atoms with E-state index >= 15 is 0 Å². The highest BCUT2D eigenvalue weighted by molar-refractivity contribution is 7.99. The molecule has 0 aromatic heterocycles. The van der Waals surface area contributed by atoms with Gasteiger partial charge in [0.1, 0.15) is 6.04 Å². The van der Waals surface area contributed by atoms with E-state index in [0.717, 1.165) is 22.6 Å². The van der Waals surface area contributed by atoms with Crippen LogP contribution in [0.5, 0.6) is 0 Å². The maximum atomic E-state index is 13.2. The van der Waals surface area contributed by atoms with Crippen molar-refractivity contribution in [1.29, 1.82) is 0 Å². The van der Waals surface area contributed by atoms with Gasteiger partial charge in [-0.2, -0.15) is 0 Å². The Kier molecular flexibility index (Phi) is 11.7. The third kappa shape index (κ3) is 8.51. The minimum Gasteiger partial charge on any atom is -0.354 e. The maximum Gasteiger partial charge on any atom is 0.242 e. The first kappa shape index (κ1) is 26.8. The van der Waals surface area contributed by atoms with Gasteiger partial charge in [0.2, 0.25) is 11.8 Å². The van der Waals surface area contributed by atoms with Crippen LogP contribution < -0.4 is 5.32 Å². The maximum absolute atomic E-state index is 13.2. The number of nitrogens with zero attached hydrogens (tertiary/aromatic N) is 1. The SMILES string of the molecule is CCCNC(=O)[C@H](CC)N(Cc1ccc(Cl)c(Cl)c1)C(=O)CCCSc1ccc(Cl)cc1. The number of hydrogen-bond acceptors (Lipinski definition) is 3. The topological polar surface area (TPSA) is 49.4 Å². The number of amides is 2. The molecule has 0 fully saturated rings. The number of thioether (sulfide) groups is 1. The molecule has 0 aliphatic carbocycles. The number of benzene rings is 2. The number of rotatable bonds is 12. The molecule has 2 aromatic carbocycles. The Hall–Kier alpha value is -1.40. The quantitative estimate of drug-likeness (QED) is 0.248.